The van der Waals surface area contributed by atoms with Crippen LogP contribution in [0.3, 0.4) is 0 Å². The lowest BCUT2D eigenvalue weighted by Gasteiger charge is -2.18. The molecule has 2 unspecified atom stereocenters. The highest BCUT2D eigenvalue weighted by Gasteiger charge is 2.37. The fourth-order valence-electron chi connectivity index (χ4n) is 3.05. The highest BCUT2D eigenvalue weighted by Crippen LogP contribution is 2.39. The molecule has 1 saturated heterocycles. The minimum absolute atomic E-state index is 0.214. The summed E-state index contributed by atoms with van der Waals surface area (Å²) < 4.78 is 14.4. The first-order valence-corrected chi connectivity index (χ1v) is 6.59. The maximum Gasteiger partial charge on any atom is 0.166 e. The third kappa shape index (κ3) is 1.73. The Bertz CT molecular complexity index is 398. The van der Waals surface area contributed by atoms with E-state index < -0.39 is 0 Å². The summed E-state index contributed by atoms with van der Waals surface area (Å²) in [4.78, 5) is 6.30. The van der Waals surface area contributed by atoms with E-state index in [-0.39, 0.29) is 5.82 Å². The summed E-state index contributed by atoms with van der Waals surface area (Å²) in [6.45, 7) is 1.96. The van der Waals surface area contributed by atoms with Crippen LogP contribution in [0.1, 0.15) is 19.3 Å². The predicted molar refractivity (Wildman–Crippen MR) is 64.9 cm³/mol. The lowest BCUT2D eigenvalue weighted by atomic mass is 10.0. The van der Waals surface area contributed by atoms with E-state index in [1.54, 1.807) is 6.20 Å². The van der Waals surface area contributed by atoms with Crippen LogP contribution in [0.15, 0.2) is 16.7 Å². The van der Waals surface area contributed by atoms with Gasteiger partial charge in [0, 0.05) is 23.8 Å². The summed E-state index contributed by atoms with van der Waals surface area (Å²) in [6, 6.07) is 1.50. The smallest absolute Gasteiger partial charge is 0.166 e. The molecule has 2 atom stereocenters. The molecule has 1 aromatic rings. The third-order valence-electron chi connectivity index (χ3n) is 3.81. The molecule has 1 aliphatic heterocycles. The number of aromatic nitrogens is 1. The van der Waals surface area contributed by atoms with Crippen molar-refractivity contribution in [3.63, 3.8) is 0 Å². The number of anilines is 1. The summed E-state index contributed by atoms with van der Waals surface area (Å²) in [6.07, 6.45) is 5.63. The number of hydrogen-bond acceptors (Lipinski definition) is 2. The normalized spacial score (nSPS) is 28.5. The Morgan fingerprint density at radius 2 is 2.00 bits per heavy atom. The van der Waals surface area contributed by atoms with Gasteiger partial charge >= 0.3 is 0 Å². The van der Waals surface area contributed by atoms with Gasteiger partial charge in [-0.2, -0.15) is 0 Å². The summed E-state index contributed by atoms with van der Waals surface area (Å²) in [5.41, 5.74) is 0. The molecule has 0 amide bonds. The molecule has 4 heteroatoms. The molecular weight excluding hydrogens is 271 g/mol. The molecule has 3 rings (SSSR count). The lowest BCUT2D eigenvalue weighted by molar-refractivity contribution is 0.494. The number of halogens is 2. The van der Waals surface area contributed by atoms with Crippen molar-refractivity contribution in [2.45, 2.75) is 19.3 Å². The monoisotopic (exact) mass is 284 g/mol. The predicted octanol–water partition coefficient (Wildman–Crippen LogP) is 3.22. The van der Waals surface area contributed by atoms with E-state index in [1.165, 1.54) is 25.3 Å². The molecule has 2 nitrogen and oxygen atoms in total. The molecule has 86 valence electrons. The van der Waals surface area contributed by atoms with Gasteiger partial charge in [-0.3, -0.25) is 0 Å². The van der Waals surface area contributed by atoms with Gasteiger partial charge in [-0.25, -0.2) is 9.37 Å². The molecular formula is C12H14BrFN2. The second kappa shape index (κ2) is 3.99. The van der Waals surface area contributed by atoms with Gasteiger partial charge in [0.2, 0.25) is 0 Å². The number of hydrogen-bond donors (Lipinski definition) is 0. The highest BCUT2D eigenvalue weighted by atomic mass is 79.9. The fraction of sp³-hybridized carbons (Fsp3) is 0.583. The standard InChI is InChI=1S/C12H14BrFN2/c13-10-4-11(14)12(15-5-10)16-6-8-2-1-3-9(8)7-16/h4-5,8-9H,1-3,6-7H2. The Kier molecular flexibility index (Phi) is 2.62. The number of rotatable bonds is 1. The summed E-state index contributed by atoms with van der Waals surface area (Å²) in [5, 5.41) is 0. The van der Waals surface area contributed by atoms with Crippen molar-refractivity contribution in [3.8, 4) is 0 Å². The van der Waals surface area contributed by atoms with Gasteiger partial charge in [-0.1, -0.05) is 6.42 Å². The lowest BCUT2D eigenvalue weighted by Crippen LogP contribution is -2.23. The molecule has 16 heavy (non-hydrogen) atoms. The first-order valence-electron chi connectivity index (χ1n) is 5.80. The third-order valence-corrected chi connectivity index (χ3v) is 4.25. The van der Waals surface area contributed by atoms with E-state index in [9.17, 15) is 4.39 Å². The maximum absolute atomic E-state index is 13.7. The van der Waals surface area contributed by atoms with Gasteiger partial charge in [-0.05, 0) is 46.7 Å². The second-order valence-corrected chi connectivity index (χ2v) is 5.73. The average molecular weight is 285 g/mol. The van der Waals surface area contributed by atoms with E-state index in [0.29, 0.717) is 10.3 Å². The zero-order valence-electron chi connectivity index (χ0n) is 9.00. The summed E-state index contributed by atoms with van der Waals surface area (Å²) in [5.74, 6) is 1.85. The van der Waals surface area contributed by atoms with Crippen LogP contribution in [0.4, 0.5) is 10.2 Å². The van der Waals surface area contributed by atoms with Crippen LogP contribution in [0.5, 0.6) is 0 Å². The summed E-state index contributed by atoms with van der Waals surface area (Å²) in [7, 11) is 0. The van der Waals surface area contributed by atoms with Gasteiger partial charge in [0.05, 0.1) is 0 Å². The van der Waals surface area contributed by atoms with Crippen LogP contribution < -0.4 is 4.90 Å². The Balaban J connectivity index is 1.83. The number of pyridine rings is 1. The molecule has 0 bridgehead atoms. The first kappa shape index (κ1) is 10.5. The van der Waals surface area contributed by atoms with Crippen LogP contribution in [-0.4, -0.2) is 18.1 Å². The first-order chi connectivity index (χ1) is 7.74. The fourth-order valence-corrected chi connectivity index (χ4v) is 3.35. The quantitative estimate of drug-likeness (QED) is 0.787. The zero-order valence-corrected chi connectivity index (χ0v) is 10.6. The molecule has 0 spiro atoms. The van der Waals surface area contributed by atoms with Crippen LogP contribution >= 0.6 is 15.9 Å². The van der Waals surface area contributed by atoms with Gasteiger partial charge in [0.1, 0.15) is 0 Å². The van der Waals surface area contributed by atoms with Crippen molar-refractivity contribution in [2.75, 3.05) is 18.0 Å². The van der Waals surface area contributed by atoms with Crippen molar-refractivity contribution < 1.29 is 4.39 Å². The molecule has 0 radical (unpaired) electrons. The van der Waals surface area contributed by atoms with Crippen LogP contribution in [0, 0.1) is 17.7 Å². The zero-order chi connectivity index (χ0) is 11.1. The van der Waals surface area contributed by atoms with E-state index in [2.05, 4.69) is 25.8 Å². The van der Waals surface area contributed by atoms with Crippen molar-refractivity contribution in [1.82, 2.24) is 4.98 Å². The van der Waals surface area contributed by atoms with Crippen molar-refractivity contribution in [1.29, 1.82) is 0 Å². The Hall–Kier alpha value is -0.640. The number of nitrogens with zero attached hydrogens (tertiary/aromatic N) is 2. The van der Waals surface area contributed by atoms with Gasteiger partial charge in [0.15, 0.2) is 11.6 Å². The molecule has 2 aliphatic rings. The highest BCUT2D eigenvalue weighted by molar-refractivity contribution is 9.10. The van der Waals surface area contributed by atoms with Crippen molar-refractivity contribution in [2.24, 2.45) is 11.8 Å². The van der Waals surface area contributed by atoms with Crippen LogP contribution in [0.25, 0.3) is 0 Å². The topological polar surface area (TPSA) is 16.1 Å². The summed E-state index contributed by atoms with van der Waals surface area (Å²) >= 11 is 3.23. The average Bonchev–Trinajstić information content (AvgIpc) is 2.76. The van der Waals surface area contributed by atoms with E-state index in [4.69, 9.17) is 0 Å². The Morgan fingerprint density at radius 3 is 2.62 bits per heavy atom. The van der Waals surface area contributed by atoms with E-state index in [0.717, 1.165) is 24.9 Å². The largest absolute Gasteiger partial charge is 0.354 e. The SMILES string of the molecule is Fc1cc(Br)cnc1N1CC2CCCC2C1. The molecule has 2 fully saturated rings. The van der Waals surface area contributed by atoms with E-state index >= 15 is 0 Å². The Morgan fingerprint density at radius 1 is 1.31 bits per heavy atom. The molecule has 0 aromatic carbocycles. The molecule has 0 N–H and O–H groups in total. The molecule has 2 heterocycles. The van der Waals surface area contributed by atoms with Gasteiger partial charge < -0.3 is 4.90 Å². The molecule has 1 aliphatic carbocycles. The van der Waals surface area contributed by atoms with Crippen LogP contribution in [-0.2, 0) is 0 Å². The number of fused-ring (bicyclic) bond motifs is 1. The second-order valence-electron chi connectivity index (χ2n) is 4.82. The van der Waals surface area contributed by atoms with Crippen molar-refractivity contribution in [3.05, 3.63) is 22.6 Å². The minimum Gasteiger partial charge on any atom is -0.354 e. The van der Waals surface area contributed by atoms with Gasteiger partial charge in [-0.15, -0.1) is 0 Å². The van der Waals surface area contributed by atoms with Crippen LogP contribution in [0.2, 0.25) is 0 Å². The minimum atomic E-state index is -0.214. The van der Waals surface area contributed by atoms with Gasteiger partial charge in [0.25, 0.3) is 0 Å². The van der Waals surface area contributed by atoms with Crippen molar-refractivity contribution >= 4 is 21.7 Å². The molecule has 1 aromatic heterocycles. The van der Waals surface area contributed by atoms with E-state index in [1.807, 2.05) is 0 Å². The molecule has 1 saturated carbocycles. The Labute approximate surface area is 103 Å². The maximum atomic E-state index is 13.7.